The number of aromatic hydroxyl groups is 1. The van der Waals surface area contributed by atoms with E-state index in [1.807, 2.05) is 0 Å². The van der Waals surface area contributed by atoms with E-state index in [4.69, 9.17) is 10.5 Å². The van der Waals surface area contributed by atoms with Crippen molar-refractivity contribution in [2.24, 2.45) is 0 Å². The Morgan fingerprint density at radius 3 is 2.95 bits per heavy atom. The number of ether oxygens (including phenoxy) is 1. The van der Waals surface area contributed by atoms with Gasteiger partial charge in [0.25, 0.3) is 0 Å². The summed E-state index contributed by atoms with van der Waals surface area (Å²) < 4.78 is 4.96. The zero-order valence-electron chi connectivity index (χ0n) is 10.2. The Morgan fingerprint density at radius 1 is 1.58 bits per heavy atom. The van der Waals surface area contributed by atoms with Crippen molar-refractivity contribution in [3.63, 3.8) is 0 Å². The van der Waals surface area contributed by atoms with E-state index in [-0.39, 0.29) is 18.1 Å². The maximum absolute atomic E-state index is 11.8. The Kier molecular flexibility index (Phi) is 3.86. The minimum absolute atomic E-state index is 0.0505. The SMILES string of the molecule is COc1ccc(NC(=O)Cc2csc(N)n2)c(O)c1. The molecule has 0 radical (unpaired) electrons. The van der Waals surface area contributed by atoms with Crippen molar-refractivity contribution in [1.82, 2.24) is 4.98 Å². The third-order valence-electron chi connectivity index (χ3n) is 2.39. The summed E-state index contributed by atoms with van der Waals surface area (Å²) in [4.78, 5) is 15.8. The Morgan fingerprint density at radius 2 is 2.37 bits per heavy atom. The number of hydrogen-bond donors (Lipinski definition) is 3. The highest BCUT2D eigenvalue weighted by molar-refractivity contribution is 7.13. The summed E-state index contributed by atoms with van der Waals surface area (Å²) in [6.45, 7) is 0. The van der Waals surface area contributed by atoms with Gasteiger partial charge in [-0.2, -0.15) is 0 Å². The number of aromatic nitrogens is 1. The molecule has 0 aliphatic carbocycles. The molecule has 0 atom stereocenters. The largest absolute Gasteiger partial charge is 0.506 e. The number of phenolic OH excluding ortho intramolecular Hbond substituents is 1. The first-order valence-corrected chi connectivity index (χ1v) is 6.33. The van der Waals surface area contributed by atoms with E-state index in [2.05, 4.69) is 10.3 Å². The molecule has 0 spiro atoms. The number of nitrogens with zero attached hydrogens (tertiary/aromatic N) is 1. The van der Waals surface area contributed by atoms with E-state index in [1.54, 1.807) is 17.5 Å². The van der Waals surface area contributed by atoms with Crippen LogP contribution in [0.4, 0.5) is 10.8 Å². The van der Waals surface area contributed by atoms with Crippen LogP contribution in [0, 0.1) is 0 Å². The quantitative estimate of drug-likeness (QED) is 0.739. The van der Waals surface area contributed by atoms with Crippen molar-refractivity contribution in [3.8, 4) is 11.5 Å². The van der Waals surface area contributed by atoms with Crippen LogP contribution in [0.1, 0.15) is 5.69 Å². The van der Waals surface area contributed by atoms with Gasteiger partial charge in [-0.3, -0.25) is 4.79 Å². The Balaban J connectivity index is 2.02. The molecule has 0 saturated carbocycles. The molecule has 1 aromatic carbocycles. The molecule has 1 amide bonds. The first-order valence-electron chi connectivity index (χ1n) is 5.45. The molecule has 0 fully saturated rings. The van der Waals surface area contributed by atoms with Gasteiger partial charge in [-0.1, -0.05) is 0 Å². The highest BCUT2D eigenvalue weighted by Crippen LogP contribution is 2.27. The molecule has 2 aromatic rings. The van der Waals surface area contributed by atoms with Gasteiger partial charge < -0.3 is 20.9 Å². The van der Waals surface area contributed by atoms with Gasteiger partial charge in [-0.15, -0.1) is 11.3 Å². The molecule has 0 unspecified atom stereocenters. The van der Waals surface area contributed by atoms with Crippen LogP contribution >= 0.6 is 11.3 Å². The standard InChI is InChI=1S/C12H13N3O3S/c1-18-8-2-3-9(10(16)5-8)15-11(17)4-7-6-19-12(13)14-7/h2-3,5-6,16H,4H2,1H3,(H2,13,14)(H,15,17). The van der Waals surface area contributed by atoms with Gasteiger partial charge in [-0.05, 0) is 12.1 Å². The minimum Gasteiger partial charge on any atom is -0.506 e. The predicted octanol–water partition coefficient (Wildman–Crippen LogP) is 1.62. The van der Waals surface area contributed by atoms with Gasteiger partial charge in [0.05, 0.1) is 24.9 Å². The number of nitrogens with two attached hydrogens (primary N) is 1. The van der Waals surface area contributed by atoms with Crippen LogP contribution in [0.2, 0.25) is 0 Å². The maximum atomic E-state index is 11.8. The number of carbonyl (C=O) groups excluding carboxylic acids is 1. The second-order valence-corrected chi connectivity index (χ2v) is 4.67. The van der Waals surface area contributed by atoms with Crippen LogP contribution in [0.5, 0.6) is 11.5 Å². The summed E-state index contributed by atoms with van der Waals surface area (Å²) in [7, 11) is 1.50. The summed E-state index contributed by atoms with van der Waals surface area (Å²) in [6, 6.07) is 4.65. The van der Waals surface area contributed by atoms with Gasteiger partial charge in [0.1, 0.15) is 11.5 Å². The molecule has 4 N–H and O–H groups in total. The molecule has 7 heteroatoms. The van der Waals surface area contributed by atoms with Crippen molar-refractivity contribution in [1.29, 1.82) is 0 Å². The number of nitrogen functional groups attached to an aromatic ring is 1. The molecule has 100 valence electrons. The maximum Gasteiger partial charge on any atom is 0.230 e. The third kappa shape index (κ3) is 3.35. The molecular weight excluding hydrogens is 266 g/mol. The van der Waals surface area contributed by atoms with Crippen molar-refractivity contribution >= 4 is 28.1 Å². The fourth-order valence-electron chi connectivity index (χ4n) is 1.51. The molecule has 19 heavy (non-hydrogen) atoms. The number of phenols is 1. The van der Waals surface area contributed by atoms with Crippen molar-refractivity contribution in [2.45, 2.75) is 6.42 Å². The zero-order valence-corrected chi connectivity index (χ0v) is 11.0. The number of nitrogens with one attached hydrogen (secondary N) is 1. The topological polar surface area (TPSA) is 97.5 Å². The van der Waals surface area contributed by atoms with Crippen molar-refractivity contribution in [2.75, 3.05) is 18.2 Å². The zero-order chi connectivity index (χ0) is 13.8. The molecule has 0 aliphatic heterocycles. The van der Waals surface area contributed by atoms with E-state index in [0.717, 1.165) is 0 Å². The lowest BCUT2D eigenvalue weighted by atomic mass is 10.2. The molecule has 2 rings (SSSR count). The van der Waals surface area contributed by atoms with Gasteiger partial charge >= 0.3 is 0 Å². The monoisotopic (exact) mass is 279 g/mol. The Hall–Kier alpha value is -2.28. The molecular formula is C12H13N3O3S. The Labute approximate surface area is 113 Å². The molecule has 1 heterocycles. The summed E-state index contributed by atoms with van der Waals surface area (Å²) in [5.74, 6) is 0.194. The minimum atomic E-state index is -0.272. The molecule has 1 aromatic heterocycles. The van der Waals surface area contributed by atoms with E-state index < -0.39 is 0 Å². The van der Waals surface area contributed by atoms with Crippen LogP contribution in [-0.2, 0) is 11.2 Å². The summed E-state index contributed by atoms with van der Waals surface area (Å²) in [5.41, 5.74) is 6.42. The summed E-state index contributed by atoms with van der Waals surface area (Å²) >= 11 is 1.28. The van der Waals surface area contributed by atoms with Gasteiger partial charge in [0, 0.05) is 11.4 Å². The molecule has 0 saturated heterocycles. The fraction of sp³-hybridized carbons (Fsp3) is 0.167. The number of benzene rings is 1. The number of hydrogen-bond acceptors (Lipinski definition) is 6. The number of thiazole rings is 1. The smallest absolute Gasteiger partial charge is 0.230 e. The lowest BCUT2D eigenvalue weighted by Crippen LogP contribution is -2.14. The average Bonchev–Trinajstić information content (AvgIpc) is 2.77. The van der Waals surface area contributed by atoms with E-state index in [9.17, 15) is 9.90 Å². The number of amides is 1. The van der Waals surface area contributed by atoms with Crippen LogP contribution in [0.25, 0.3) is 0 Å². The van der Waals surface area contributed by atoms with Crippen LogP contribution < -0.4 is 15.8 Å². The van der Waals surface area contributed by atoms with Gasteiger partial charge in [-0.25, -0.2) is 4.98 Å². The fourth-order valence-corrected chi connectivity index (χ4v) is 2.07. The summed E-state index contributed by atoms with van der Waals surface area (Å²) in [6.07, 6.45) is 0.110. The molecule has 0 bridgehead atoms. The van der Waals surface area contributed by atoms with Crippen molar-refractivity contribution < 1.29 is 14.6 Å². The normalized spacial score (nSPS) is 10.2. The van der Waals surface area contributed by atoms with Crippen LogP contribution in [0.15, 0.2) is 23.6 Å². The third-order valence-corrected chi connectivity index (χ3v) is 3.11. The average molecular weight is 279 g/mol. The van der Waals surface area contributed by atoms with Gasteiger partial charge in [0.15, 0.2) is 5.13 Å². The number of carbonyl (C=O) groups is 1. The van der Waals surface area contributed by atoms with E-state index in [1.165, 1.54) is 24.5 Å². The van der Waals surface area contributed by atoms with Crippen molar-refractivity contribution in [3.05, 3.63) is 29.3 Å². The predicted molar refractivity (Wildman–Crippen MR) is 73.5 cm³/mol. The highest BCUT2D eigenvalue weighted by Gasteiger charge is 2.10. The highest BCUT2D eigenvalue weighted by atomic mass is 32.1. The first kappa shape index (κ1) is 13.2. The number of anilines is 2. The van der Waals surface area contributed by atoms with Gasteiger partial charge in [0.2, 0.25) is 5.91 Å². The lowest BCUT2D eigenvalue weighted by molar-refractivity contribution is -0.115. The second-order valence-electron chi connectivity index (χ2n) is 3.79. The lowest BCUT2D eigenvalue weighted by Gasteiger charge is -2.08. The number of rotatable bonds is 4. The van der Waals surface area contributed by atoms with E-state index in [0.29, 0.717) is 22.3 Å². The first-order chi connectivity index (χ1) is 9.08. The van der Waals surface area contributed by atoms with E-state index >= 15 is 0 Å². The van der Waals surface area contributed by atoms with Crippen LogP contribution in [-0.4, -0.2) is 23.1 Å². The Bertz CT molecular complexity index is 598. The van der Waals surface area contributed by atoms with Crippen LogP contribution in [0.3, 0.4) is 0 Å². The second kappa shape index (κ2) is 5.57. The summed E-state index contributed by atoms with van der Waals surface area (Å²) in [5, 5.41) is 14.5. The molecule has 0 aliphatic rings. The molecule has 6 nitrogen and oxygen atoms in total. The number of methoxy groups -OCH3 is 1.